The summed E-state index contributed by atoms with van der Waals surface area (Å²) in [5.74, 6) is -2.30. The summed E-state index contributed by atoms with van der Waals surface area (Å²) in [6.45, 7) is 0. The van der Waals surface area contributed by atoms with Gasteiger partial charge in [-0.3, -0.25) is 14.4 Å². The second-order valence-corrected chi connectivity index (χ2v) is 7.09. The minimum atomic E-state index is -0.954. The molecule has 0 aromatic heterocycles. The van der Waals surface area contributed by atoms with Gasteiger partial charge in [0.25, 0.3) is 5.91 Å². The molecule has 0 radical (unpaired) electrons. The van der Waals surface area contributed by atoms with Crippen molar-refractivity contribution in [1.82, 2.24) is 5.43 Å². The minimum Gasteiger partial charge on any atom is -0.322 e. The van der Waals surface area contributed by atoms with E-state index in [9.17, 15) is 14.4 Å². The van der Waals surface area contributed by atoms with E-state index in [2.05, 4.69) is 21.2 Å². The summed E-state index contributed by atoms with van der Waals surface area (Å²) < 4.78 is 0. The van der Waals surface area contributed by atoms with Crippen LogP contribution in [0.5, 0.6) is 0 Å². The zero-order chi connectivity index (χ0) is 23.0. The zero-order valence-electron chi connectivity index (χ0n) is 17.5. The molecule has 4 aromatic carbocycles. The van der Waals surface area contributed by atoms with Gasteiger partial charge in [-0.25, -0.2) is 5.43 Å². The highest BCUT2D eigenvalue weighted by atomic mass is 16.2. The second kappa shape index (κ2) is 10.0. The van der Waals surface area contributed by atoms with Gasteiger partial charge in [0.15, 0.2) is 0 Å². The number of benzene rings is 4. The summed E-state index contributed by atoms with van der Waals surface area (Å²) in [7, 11) is 0. The topological polar surface area (TPSA) is 99.7 Å². The summed E-state index contributed by atoms with van der Waals surface area (Å²) >= 11 is 0. The molecule has 3 amide bonds. The Bertz CT molecular complexity index is 1340. The molecule has 0 atom stereocenters. The maximum atomic E-state index is 12.6. The van der Waals surface area contributed by atoms with Crippen LogP contribution < -0.4 is 16.1 Å². The average Bonchev–Trinajstić information content (AvgIpc) is 2.85. The van der Waals surface area contributed by atoms with Gasteiger partial charge in [-0.1, -0.05) is 72.8 Å². The van der Waals surface area contributed by atoms with Crippen LogP contribution in [-0.4, -0.2) is 23.9 Å². The number of hydrogen-bond donors (Lipinski definition) is 3. The fourth-order valence-corrected chi connectivity index (χ4v) is 3.26. The van der Waals surface area contributed by atoms with Gasteiger partial charge in [0, 0.05) is 11.3 Å². The predicted molar refractivity (Wildman–Crippen MR) is 129 cm³/mol. The summed E-state index contributed by atoms with van der Waals surface area (Å²) in [5, 5.41) is 11.1. The molecule has 0 aliphatic heterocycles. The number of carbonyl (C=O) groups is 3. The van der Waals surface area contributed by atoms with Gasteiger partial charge < -0.3 is 10.6 Å². The van der Waals surface area contributed by atoms with Crippen molar-refractivity contribution in [3.05, 3.63) is 108 Å². The molecule has 0 unspecified atom stereocenters. The Morgan fingerprint density at radius 2 is 1.36 bits per heavy atom. The van der Waals surface area contributed by atoms with E-state index in [1.807, 2.05) is 48.5 Å². The van der Waals surface area contributed by atoms with Crippen LogP contribution in [0.15, 0.2) is 102 Å². The summed E-state index contributed by atoms with van der Waals surface area (Å²) in [6.07, 6.45) is 1.48. The van der Waals surface area contributed by atoms with Crippen LogP contribution in [0.1, 0.15) is 15.9 Å². The molecule has 7 heteroatoms. The average molecular weight is 436 g/mol. The van der Waals surface area contributed by atoms with Gasteiger partial charge in [0.05, 0.1) is 17.5 Å². The van der Waals surface area contributed by atoms with Gasteiger partial charge in [0.1, 0.15) is 0 Å². The highest BCUT2D eigenvalue weighted by Crippen LogP contribution is 2.18. The number of anilines is 2. The third-order valence-corrected chi connectivity index (χ3v) is 4.85. The molecule has 162 valence electrons. The third-order valence-electron chi connectivity index (χ3n) is 4.85. The van der Waals surface area contributed by atoms with Crippen LogP contribution in [0.2, 0.25) is 0 Å². The number of nitrogens with one attached hydrogen (secondary N) is 3. The zero-order valence-corrected chi connectivity index (χ0v) is 17.5. The lowest BCUT2D eigenvalue weighted by Gasteiger charge is -2.11. The Balaban J connectivity index is 1.41. The van der Waals surface area contributed by atoms with Crippen LogP contribution in [0, 0.1) is 0 Å². The normalized spacial score (nSPS) is 10.7. The first-order valence-corrected chi connectivity index (χ1v) is 10.2. The lowest BCUT2D eigenvalue weighted by atomic mass is 10.1. The first kappa shape index (κ1) is 21.5. The molecule has 0 saturated heterocycles. The quantitative estimate of drug-likeness (QED) is 0.249. The number of para-hydroxylation sites is 2. The highest BCUT2D eigenvalue weighted by Gasteiger charge is 2.17. The molecule has 7 nitrogen and oxygen atoms in total. The van der Waals surface area contributed by atoms with E-state index in [1.165, 1.54) is 6.21 Å². The molecule has 0 aliphatic rings. The fourth-order valence-electron chi connectivity index (χ4n) is 3.26. The molecule has 0 heterocycles. The van der Waals surface area contributed by atoms with E-state index in [-0.39, 0.29) is 11.3 Å². The standard InChI is InChI=1S/C26H20N4O3/c31-24(28-20-12-2-1-3-13-20)22-15-6-7-16-23(22)29-25(32)26(33)30-27-17-19-11-8-10-18-9-4-5-14-21(18)19/h1-17H,(H,28,31)(H,29,32)(H,30,33)/b27-17+. The lowest BCUT2D eigenvalue weighted by Crippen LogP contribution is -2.33. The Morgan fingerprint density at radius 3 is 2.21 bits per heavy atom. The van der Waals surface area contributed by atoms with Crippen LogP contribution in [0.4, 0.5) is 11.4 Å². The van der Waals surface area contributed by atoms with Crippen LogP contribution in [0.3, 0.4) is 0 Å². The molecule has 0 fully saturated rings. The van der Waals surface area contributed by atoms with Crippen molar-refractivity contribution in [2.24, 2.45) is 5.10 Å². The summed E-state index contributed by atoms with van der Waals surface area (Å²) in [6, 6.07) is 28.9. The third kappa shape index (κ3) is 5.29. The SMILES string of the molecule is O=C(N/N=C/c1cccc2ccccc12)C(=O)Nc1ccccc1C(=O)Nc1ccccc1. The number of carbonyl (C=O) groups excluding carboxylic acids is 3. The van der Waals surface area contributed by atoms with Crippen molar-refractivity contribution >= 4 is 46.1 Å². The first-order valence-electron chi connectivity index (χ1n) is 10.2. The highest BCUT2D eigenvalue weighted by molar-refractivity contribution is 6.40. The Labute approximate surface area is 190 Å². The molecule has 0 spiro atoms. The van der Waals surface area contributed by atoms with E-state index in [0.29, 0.717) is 5.69 Å². The van der Waals surface area contributed by atoms with E-state index >= 15 is 0 Å². The van der Waals surface area contributed by atoms with Gasteiger partial charge in [-0.05, 0) is 35.0 Å². The second-order valence-electron chi connectivity index (χ2n) is 7.09. The number of nitrogens with zero attached hydrogens (tertiary/aromatic N) is 1. The van der Waals surface area contributed by atoms with E-state index < -0.39 is 17.7 Å². The monoisotopic (exact) mass is 436 g/mol. The smallest absolute Gasteiger partial charge is 0.322 e. The van der Waals surface area contributed by atoms with E-state index in [1.54, 1.807) is 48.5 Å². The van der Waals surface area contributed by atoms with Crippen LogP contribution in [-0.2, 0) is 9.59 Å². The van der Waals surface area contributed by atoms with E-state index in [4.69, 9.17) is 0 Å². The van der Waals surface area contributed by atoms with Crippen LogP contribution in [0.25, 0.3) is 10.8 Å². The Hall–Kier alpha value is -4.78. The Morgan fingerprint density at radius 1 is 0.667 bits per heavy atom. The van der Waals surface area contributed by atoms with Crippen molar-refractivity contribution in [2.75, 3.05) is 10.6 Å². The minimum absolute atomic E-state index is 0.212. The molecule has 0 bridgehead atoms. The van der Waals surface area contributed by atoms with Gasteiger partial charge in [-0.15, -0.1) is 0 Å². The lowest BCUT2D eigenvalue weighted by molar-refractivity contribution is -0.136. The van der Waals surface area contributed by atoms with Crippen molar-refractivity contribution < 1.29 is 14.4 Å². The molecule has 0 saturated carbocycles. The molecule has 4 rings (SSSR count). The Kier molecular flexibility index (Phi) is 6.51. The largest absolute Gasteiger partial charge is 0.329 e. The van der Waals surface area contributed by atoms with Gasteiger partial charge in [0.2, 0.25) is 0 Å². The fraction of sp³-hybridized carbons (Fsp3) is 0. The van der Waals surface area contributed by atoms with Gasteiger partial charge >= 0.3 is 11.8 Å². The number of fused-ring (bicyclic) bond motifs is 1. The maximum absolute atomic E-state index is 12.6. The van der Waals surface area contributed by atoms with Crippen molar-refractivity contribution in [3.8, 4) is 0 Å². The van der Waals surface area contributed by atoms with Crippen molar-refractivity contribution in [1.29, 1.82) is 0 Å². The molecular formula is C26H20N4O3. The number of rotatable bonds is 5. The van der Waals surface area contributed by atoms with Crippen LogP contribution >= 0.6 is 0 Å². The molecule has 4 aromatic rings. The maximum Gasteiger partial charge on any atom is 0.329 e. The summed E-state index contributed by atoms with van der Waals surface area (Å²) in [4.78, 5) is 37.2. The van der Waals surface area contributed by atoms with Crippen molar-refractivity contribution in [3.63, 3.8) is 0 Å². The predicted octanol–water partition coefficient (Wildman–Crippen LogP) is 4.18. The molecule has 33 heavy (non-hydrogen) atoms. The first-order chi connectivity index (χ1) is 16.1. The number of amides is 3. The molecule has 0 aliphatic carbocycles. The van der Waals surface area contributed by atoms with Gasteiger partial charge in [-0.2, -0.15) is 5.10 Å². The number of hydrazone groups is 1. The van der Waals surface area contributed by atoms with E-state index in [0.717, 1.165) is 16.3 Å². The number of hydrogen-bond acceptors (Lipinski definition) is 4. The molecule has 3 N–H and O–H groups in total. The van der Waals surface area contributed by atoms with Crippen molar-refractivity contribution in [2.45, 2.75) is 0 Å². The molecular weight excluding hydrogens is 416 g/mol. The summed E-state index contributed by atoms with van der Waals surface area (Å²) in [5.41, 5.74) is 4.08.